The molecule has 0 aromatic heterocycles. The number of nitrogens with two attached hydrogens (primary N) is 1. The Balaban J connectivity index is 2.07. The van der Waals surface area contributed by atoms with Crippen LogP contribution in [0.5, 0.6) is 5.75 Å². The van der Waals surface area contributed by atoms with Crippen LogP contribution in [0.15, 0.2) is 24.3 Å². The van der Waals surface area contributed by atoms with Gasteiger partial charge in [0.2, 0.25) is 0 Å². The van der Waals surface area contributed by atoms with E-state index in [2.05, 4.69) is 17.6 Å². The minimum absolute atomic E-state index is 0.191. The minimum Gasteiger partial charge on any atom is -0.493 e. The van der Waals surface area contributed by atoms with Gasteiger partial charge in [0.05, 0.1) is 13.2 Å². The molecule has 0 spiro atoms. The molecule has 2 atom stereocenters. The molecule has 94 valence electrons. The molecule has 0 amide bonds. The molecule has 2 unspecified atom stereocenters. The molecule has 3 N–H and O–H groups in total. The molecular weight excluding hydrogens is 216 g/mol. The molecule has 0 saturated heterocycles. The van der Waals surface area contributed by atoms with Crippen molar-refractivity contribution >= 4 is 0 Å². The van der Waals surface area contributed by atoms with Crippen molar-refractivity contribution in [3.05, 3.63) is 29.8 Å². The van der Waals surface area contributed by atoms with E-state index < -0.39 is 0 Å². The Bertz CT molecular complexity index is 357. The number of benzene rings is 1. The summed E-state index contributed by atoms with van der Waals surface area (Å²) in [5, 5.41) is 0. The van der Waals surface area contributed by atoms with Crippen LogP contribution >= 0.6 is 0 Å². The number of hydrogen-bond acceptors (Lipinski definition) is 4. The molecule has 4 heteroatoms. The van der Waals surface area contributed by atoms with Crippen LogP contribution in [0.3, 0.4) is 0 Å². The maximum Gasteiger partial charge on any atom is 0.122 e. The molecule has 0 aliphatic carbocycles. The third-order valence-electron chi connectivity index (χ3n) is 3.26. The van der Waals surface area contributed by atoms with Gasteiger partial charge in [-0.15, -0.1) is 0 Å². The fourth-order valence-corrected chi connectivity index (χ4v) is 2.39. The maximum atomic E-state index is 5.65. The predicted octanol–water partition coefficient (Wildman–Crippen LogP) is 1.42. The second-order valence-corrected chi connectivity index (χ2v) is 4.43. The highest BCUT2D eigenvalue weighted by atomic mass is 16.5. The third-order valence-corrected chi connectivity index (χ3v) is 3.26. The predicted molar refractivity (Wildman–Crippen MR) is 66.9 cm³/mol. The zero-order chi connectivity index (χ0) is 12.1. The SMILES string of the molecule is COCC(CC1CCOc2ccccc21)NN. The number of rotatable bonds is 5. The summed E-state index contributed by atoms with van der Waals surface area (Å²) in [6, 6.07) is 8.43. The number of methoxy groups -OCH3 is 1. The summed E-state index contributed by atoms with van der Waals surface area (Å²) in [7, 11) is 1.70. The number of ether oxygens (including phenoxy) is 2. The van der Waals surface area contributed by atoms with E-state index in [0.717, 1.165) is 25.2 Å². The van der Waals surface area contributed by atoms with Gasteiger partial charge in [0, 0.05) is 13.2 Å². The summed E-state index contributed by atoms with van der Waals surface area (Å²) in [5.41, 5.74) is 4.10. The fourth-order valence-electron chi connectivity index (χ4n) is 2.39. The molecule has 0 fully saturated rings. The van der Waals surface area contributed by atoms with Gasteiger partial charge in [0.1, 0.15) is 5.75 Å². The van der Waals surface area contributed by atoms with Crippen LogP contribution in [0.4, 0.5) is 0 Å². The van der Waals surface area contributed by atoms with Crippen molar-refractivity contribution in [1.82, 2.24) is 5.43 Å². The minimum atomic E-state index is 0.191. The fraction of sp³-hybridized carbons (Fsp3) is 0.538. The molecule has 1 aromatic rings. The van der Waals surface area contributed by atoms with Gasteiger partial charge < -0.3 is 9.47 Å². The second-order valence-electron chi connectivity index (χ2n) is 4.43. The summed E-state index contributed by atoms with van der Waals surface area (Å²) >= 11 is 0. The van der Waals surface area contributed by atoms with Crippen molar-refractivity contribution in [2.45, 2.75) is 24.8 Å². The first-order chi connectivity index (χ1) is 8.35. The summed E-state index contributed by atoms with van der Waals surface area (Å²) in [5.74, 6) is 7.04. The number of nitrogens with one attached hydrogen (secondary N) is 1. The molecule has 17 heavy (non-hydrogen) atoms. The lowest BCUT2D eigenvalue weighted by atomic mass is 9.88. The zero-order valence-electron chi connectivity index (χ0n) is 10.2. The van der Waals surface area contributed by atoms with E-state index in [-0.39, 0.29) is 6.04 Å². The normalized spacial score (nSPS) is 20.5. The Morgan fingerprint density at radius 3 is 3.12 bits per heavy atom. The van der Waals surface area contributed by atoms with Crippen molar-refractivity contribution in [3.8, 4) is 5.75 Å². The van der Waals surface area contributed by atoms with Crippen molar-refractivity contribution < 1.29 is 9.47 Å². The molecule has 0 saturated carbocycles. The molecule has 0 radical (unpaired) electrons. The number of para-hydroxylation sites is 1. The van der Waals surface area contributed by atoms with Gasteiger partial charge in [0.25, 0.3) is 0 Å². The largest absolute Gasteiger partial charge is 0.493 e. The van der Waals surface area contributed by atoms with Gasteiger partial charge in [-0.1, -0.05) is 18.2 Å². The average Bonchev–Trinajstić information content (AvgIpc) is 2.38. The van der Waals surface area contributed by atoms with Crippen LogP contribution in [-0.2, 0) is 4.74 Å². The van der Waals surface area contributed by atoms with Gasteiger partial charge in [-0.05, 0) is 30.4 Å². The van der Waals surface area contributed by atoms with Crippen molar-refractivity contribution in [2.24, 2.45) is 5.84 Å². The van der Waals surface area contributed by atoms with E-state index in [1.807, 2.05) is 12.1 Å². The van der Waals surface area contributed by atoms with Crippen molar-refractivity contribution in [2.75, 3.05) is 20.3 Å². The third kappa shape index (κ3) is 2.97. The van der Waals surface area contributed by atoms with Gasteiger partial charge in [0.15, 0.2) is 0 Å². The quantitative estimate of drug-likeness (QED) is 0.599. The molecule has 4 nitrogen and oxygen atoms in total. The first-order valence-electron chi connectivity index (χ1n) is 6.02. The maximum absolute atomic E-state index is 5.65. The topological polar surface area (TPSA) is 56.5 Å². The van der Waals surface area contributed by atoms with Crippen LogP contribution < -0.4 is 16.0 Å². The van der Waals surface area contributed by atoms with Gasteiger partial charge in [-0.2, -0.15) is 0 Å². The van der Waals surface area contributed by atoms with E-state index in [4.69, 9.17) is 15.3 Å². The summed E-state index contributed by atoms with van der Waals surface area (Å²) < 4.78 is 10.8. The Labute approximate surface area is 102 Å². The van der Waals surface area contributed by atoms with Crippen LogP contribution in [0.1, 0.15) is 24.3 Å². The molecule has 1 aliphatic rings. The van der Waals surface area contributed by atoms with Crippen LogP contribution in [0.25, 0.3) is 0 Å². The smallest absolute Gasteiger partial charge is 0.122 e. The molecule has 0 bridgehead atoms. The Hall–Kier alpha value is -1.10. The van der Waals surface area contributed by atoms with E-state index in [1.165, 1.54) is 5.56 Å². The Morgan fingerprint density at radius 1 is 1.53 bits per heavy atom. The first kappa shape index (κ1) is 12.4. The molecule has 1 heterocycles. The van der Waals surface area contributed by atoms with Crippen molar-refractivity contribution in [1.29, 1.82) is 0 Å². The van der Waals surface area contributed by atoms with Gasteiger partial charge >= 0.3 is 0 Å². The zero-order valence-corrected chi connectivity index (χ0v) is 10.2. The highest BCUT2D eigenvalue weighted by Crippen LogP contribution is 2.35. The number of hydrazine groups is 1. The van der Waals surface area contributed by atoms with Crippen molar-refractivity contribution in [3.63, 3.8) is 0 Å². The van der Waals surface area contributed by atoms with Crippen LogP contribution in [-0.4, -0.2) is 26.4 Å². The molecular formula is C13H20N2O2. The molecule has 1 aromatic carbocycles. The first-order valence-corrected chi connectivity index (χ1v) is 6.02. The van der Waals surface area contributed by atoms with E-state index in [9.17, 15) is 0 Å². The summed E-state index contributed by atoms with van der Waals surface area (Å²) in [6.45, 7) is 1.42. The van der Waals surface area contributed by atoms with Gasteiger partial charge in [-0.3, -0.25) is 11.3 Å². The summed E-state index contributed by atoms with van der Waals surface area (Å²) in [4.78, 5) is 0. The molecule has 2 rings (SSSR count). The Kier molecular flexibility index (Phi) is 4.36. The van der Waals surface area contributed by atoms with E-state index >= 15 is 0 Å². The highest BCUT2D eigenvalue weighted by molar-refractivity contribution is 5.37. The lowest BCUT2D eigenvalue weighted by molar-refractivity contribution is 0.154. The Morgan fingerprint density at radius 2 is 2.35 bits per heavy atom. The van der Waals surface area contributed by atoms with E-state index in [1.54, 1.807) is 7.11 Å². The second kappa shape index (κ2) is 6.00. The summed E-state index contributed by atoms with van der Waals surface area (Å²) in [6.07, 6.45) is 2.02. The van der Waals surface area contributed by atoms with Crippen LogP contribution in [0, 0.1) is 0 Å². The number of fused-ring (bicyclic) bond motifs is 1. The lowest BCUT2D eigenvalue weighted by Crippen LogP contribution is -2.40. The van der Waals surface area contributed by atoms with E-state index in [0.29, 0.717) is 12.5 Å². The highest BCUT2D eigenvalue weighted by Gasteiger charge is 2.23. The lowest BCUT2D eigenvalue weighted by Gasteiger charge is -2.28. The number of hydrogen-bond donors (Lipinski definition) is 2. The standard InChI is InChI=1S/C13H20N2O2/c1-16-9-11(15-14)8-10-6-7-17-13-5-3-2-4-12(10)13/h2-5,10-11,15H,6-9,14H2,1H3. The van der Waals surface area contributed by atoms with Gasteiger partial charge in [-0.25, -0.2) is 0 Å². The average molecular weight is 236 g/mol. The molecule has 1 aliphatic heterocycles. The van der Waals surface area contributed by atoms with Crippen LogP contribution in [0.2, 0.25) is 0 Å². The monoisotopic (exact) mass is 236 g/mol.